The molecule has 0 saturated heterocycles. The highest BCUT2D eigenvalue weighted by Crippen LogP contribution is 2.34. The largest absolute Gasteiger partial charge is 0.0715 e. The summed E-state index contributed by atoms with van der Waals surface area (Å²) in [6.07, 6.45) is 0. The number of fused-ring (bicyclic) bond motifs is 6. The van der Waals surface area contributed by atoms with Crippen LogP contribution in [0.15, 0.2) is 72.8 Å². The molecule has 28 heavy (non-hydrogen) atoms. The summed E-state index contributed by atoms with van der Waals surface area (Å²) in [6, 6.07) is 26.0. The molecule has 0 saturated carbocycles. The highest BCUT2D eigenvalue weighted by Gasteiger charge is 2.06. The summed E-state index contributed by atoms with van der Waals surface area (Å²) < 4.78 is 0. The van der Waals surface area contributed by atoms with Crippen molar-refractivity contribution in [2.24, 2.45) is 0 Å². The van der Waals surface area contributed by atoms with Gasteiger partial charge in [-0.05, 0) is 32.3 Å². The maximum atomic E-state index is 2.27. The van der Waals surface area contributed by atoms with Crippen LogP contribution in [0.25, 0.3) is 32.3 Å². The molecule has 0 unspecified atom stereocenters. The van der Waals surface area contributed by atoms with Crippen molar-refractivity contribution < 1.29 is 0 Å². The molecule has 4 rings (SSSR count). The molecule has 0 spiro atoms. The van der Waals surface area contributed by atoms with Crippen LogP contribution in [0, 0.1) is 0 Å². The molecule has 0 amide bonds. The van der Waals surface area contributed by atoms with Crippen LogP contribution < -0.4 is 0 Å². The van der Waals surface area contributed by atoms with Gasteiger partial charge in [0, 0.05) is 8.80 Å². The molecule has 1 radical (unpaired) electrons. The van der Waals surface area contributed by atoms with E-state index >= 15 is 0 Å². The first kappa shape index (κ1) is 25.9. The average molecular weight is 392 g/mol. The van der Waals surface area contributed by atoms with Crippen LogP contribution in [0.5, 0.6) is 0 Å². The van der Waals surface area contributed by atoms with Gasteiger partial charge >= 0.3 is 0 Å². The van der Waals surface area contributed by atoms with Crippen LogP contribution in [0.3, 0.4) is 0 Å². The Hall–Kier alpha value is -2.12. The Morgan fingerprint density at radius 3 is 0.571 bits per heavy atom. The Morgan fingerprint density at radius 2 is 0.464 bits per heavy atom. The van der Waals surface area contributed by atoms with Gasteiger partial charge in [-0.2, -0.15) is 0 Å². The van der Waals surface area contributed by atoms with E-state index in [1.807, 2.05) is 41.5 Å². The van der Waals surface area contributed by atoms with Crippen molar-refractivity contribution in [2.45, 2.75) is 61.2 Å². The smallest absolute Gasteiger partial charge is 0.0379 e. The summed E-state index contributed by atoms with van der Waals surface area (Å²) in [5, 5.41) is 8.04. The first-order chi connectivity index (χ1) is 13.7. The fourth-order valence-electron chi connectivity index (χ4n) is 2.86. The lowest BCUT2D eigenvalue weighted by Gasteiger charge is -2.09. The summed E-state index contributed by atoms with van der Waals surface area (Å²) in [5.74, 6) is 0. The van der Waals surface area contributed by atoms with E-state index in [0.717, 1.165) is 0 Å². The van der Waals surface area contributed by atoms with Gasteiger partial charge < -0.3 is 0 Å². The van der Waals surface area contributed by atoms with Gasteiger partial charge in [0.05, 0.1) is 0 Å². The first-order valence-electron chi connectivity index (χ1n) is 10.7. The number of hydrogen-bond donors (Lipinski definition) is 0. The summed E-state index contributed by atoms with van der Waals surface area (Å²) in [7, 11) is 0.120. The number of rotatable bonds is 0. The molecule has 0 aliphatic carbocycles. The van der Waals surface area contributed by atoms with Crippen LogP contribution >= 0.6 is 0 Å². The molecular formula is C27H39Si. The molecule has 151 valence electrons. The number of benzene rings is 4. The molecule has 1 heteroatoms. The minimum atomic E-state index is 0.120. The van der Waals surface area contributed by atoms with Crippen LogP contribution in [-0.2, 0) is 0 Å². The van der Waals surface area contributed by atoms with Crippen molar-refractivity contribution in [3.63, 3.8) is 0 Å². The highest BCUT2D eigenvalue weighted by atomic mass is 28.3. The molecule has 0 N–H and O–H groups in total. The molecule has 0 atom stereocenters. The fourth-order valence-corrected chi connectivity index (χ4v) is 2.86. The van der Waals surface area contributed by atoms with Crippen molar-refractivity contribution in [1.82, 2.24) is 0 Å². The van der Waals surface area contributed by atoms with Gasteiger partial charge in [0.25, 0.3) is 0 Å². The molecule has 0 aromatic heterocycles. The molecule has 4 aromatic rings. The zero-order valence-electron chi connectivity index (χ0n) is 19.4. The molecule has 0 aliphatic rings. The van der Waals surface area contributed by atoms with Crippen molar-refractivity contribution in [3.05, 3.63) is 72.8 Å². The van der Waals surface area contributed by atoms with Gasteiger partial charge in [0.2, 0.25) is 0 Å². The predicted molar refractivity (Wildman–Crippen MR) is 136 cm³/mol. The van der Waals surface area contributed by atoms with Crippen LogP contribution in [0.1, 0.15) is 41.5 Å². The van der Waals surface area contributed by atoms with Crippen LogP contribution in [-0.4, -0.2) is 8.80 Å². The monoisotopic (exact) mass is 391 g/mol. The third-order valence-corrected chi connectivity index (χ3v) is 3.65. The first-order valence-corrected chi connectivity index (χ1v) is 13.7. The van der Waals surface area contributed by atoms with Gasteiger partial charge in [-0.25, -0.2) is 0 Å². The normalized spacial score (nSPS) is 9.21. The molecule has 0 aliphatic heterocycles. The SMILES string of the molecule is CC.CC.CC.C[Si](C)C.c1ccc2c(c1)c1ccccc1c1ccccc21. The minimum Gasteiger partial charge on any atom is -0.0715 e. The van der Waals surface area contributed by atoms with Crippen molar-refractivity contribution in [2.75, 3.05) is 0 Å². The molecule has 0 fully saturated rings. The molecule has 0 nitrogen and oxygen atoms in total. The zero-order chi connectivity index (χ0) is 21.5. The fraction of sp³-hybridized carbons (Fsp3) is 0.333. The summed E-state index contributed by atoms with van der Waals surface area (Å²) >= 11 is 0. The second kappa shape index (κ2) is 14.9. The van der Waals surface area contributed by atoms with E-state index in [1.54, 1.807) is 0 Å². The third-order valence-electron chi connectivity index (χ3n) is 3.65. The van der Waals surface area contributed by atoms with Crippen LogP contribution in [0.2, 0.25) is 19.6 Å². The van der Waals surface area contributed by atoms with E-state index in [9.17, 15) is 0 Å². The summed E-state index contributed by atoms with van der Waals surface area (Å²) in [4.78, 5) is 0. The quantitative estimate of drug-likeness (QED) is 0.207. The van der Waals surface area contributed by atoms with Gasteiger partial charge in [0.1, 0.15) is 0 Å². The van der Waals surface area contributed by atoms with E-state index < -0.39 is 0 Å². The molecule has 4 aromatic carbocycles. The van der Waals surface area contributed by atoms with Crippen molar-refractivity contribution in [1.29, 1.82) is 0 Å². The molecule has 0 heterocycles. The molecule has 0 bridgehead atoms. The van der Waals surface area contributed by atoms with Gasteiger partial charge in [0.15, 0.2) is 0 Å². The Bertz CT molecular complexity index is 699. The van der Waals surface area contributed by atoms with E-state index in [-0.39, 0.29) is 8.80 Å². The van der Waals surface area contributed by atoms with Crippen molar-refractivity contribution >= 4 is 41.1 Å². The molecular weight excluding hydrogens is 352 g/mol. The predicted octanol–water partition coefficient (Wildman–Crippen LogP) is 9.60. The second-order valence-corrected chi connectivity index (χ2v) is 9.14. The summed E-state index contributed by atoms with van der Waals surface area (Å²) in [5.41, 5.74) is 0. The Balaban J connectivity index is 0.000000632. The van der Waals surface area contributed by atoms with Gasteiger partial charge in [-0.3, -0.25) is 0 Å². The van der Waals surface area contributed by atoms with Gasteiger partial charge in [-0.15, -0.1) is 0 Å². The lowest BCUT2D eigenvalue weighted by Crippen LogP contribution is -1.84. The zero-order valence-corrected chi connectivity index (χ0v) is 20.4. The van der Waals surface area contributed by atoms with E-state index in [0.29, 0.717) is 0 Å². The maximum Gasteiger partial charge on any atom is 0.0379 e. The maximum absolute atomic E-state index is 2.27. The summed E-state index contributed by atoms with van der Waals surface area (Å²) in [6.45, 7) is 18.8. The Morgan fingerprint density at radius 1 is 0.357 bits per heavy atom. The van der Waals surface area contributed by atoms with E-state index in [2.05, 4.69) is 92.4 Å². The van der Waals surface area contributed by atoms with E-state index in [1.165, 1.54) is 32.3 Å². The minimum absolute atomic E-state index is 0.120. The highest BCUT2D eigenvalue weighted by molar-refractivity contribution is 6.54. The number of hydrogen-bond acceptors (Lipinski definition) is 0. The van der Waals surface area contributed by atoms with Crippen LogP contribution in [0.4, 0.5) is 0 Å². The lowest BCUT2D eigenvalue weighted by atomic mass is 9.95. The Labute approximate surface area is 175 Å². The average Bonchev–Trinajstić information content (AvgIpc) is 2.78. The van der Waals surface area contributed by atoms with E-state index in [4.69, 9.17) is 0 Å². The lowest BCUT2D eigenvalue weighted by molar-refractivity contribution is 1.50. The Kier molecular flexibility index (Phi) is 13.7. The standard InChI is InChI=1S/C18H12.C3H9Si.3C2H6/c1-2-8-14-13(7-1)15-9-3-4-11-17(15)18-12-6-5-10-16(14)18;1-4(2)3;3*1-2/h1-12H;1-3H3;3*1-2H3. The topological polar surface area (TPSA) is 0 Å². The van der Waals surface area contributed by atoms with Gasteiger partial charge in [-0.1, -0.05) is 134 Å². The van der Waals surface area contributed by atoms with Crippen molar-refractivity contribution in [3.8, 4) is 0 Å². The second-order valence-electron chi connectivity index (χ2n) is 6.14. The third kappa shape index (κ3) is 6.80.